The van der Waals surface area contributed by atoms with E-state index in [1.54, 1.807) is 5.32 Å². The van der Waals surface area contributed by atoms with Crippen molar-refractivity contribution in [3.63, 3.8) is 0 Å². The van der Waals surface area contributed by atoms with Gasteiger partial charge in [-0.15, -0.1) is 0 Å². The van der Waals surface area contributed by atoms with Crippen LogP contribution in [0.3, 0.4) is 0 Å². The van der Waals surface area contributed by atoms with E-state index < -0.39 is 18.1 Å². The molecule has 1 aromatic heterocycles. The van der Waals surface area contributed by atoms with Crippen LogP contribution in [0, 0.1) is 0 Å². The molecule has 0 aliphatic rings. The number of fused-ring (bicyclic) bond motifs is 1. The number of thiazole rings is 1. The number of hydrogen-bond donors (Lipinski definition) is 2. The summed E-state index contributed by atoms with van der Waals surface area (Å²) in [4.78, 5) is 25.6. The van der Waals surface area contributed by atoms with Crippen LogP contribution in [0.1, 0.15) is 10.4 Å². The molecule has 2 rings (SSSR count). The molecule has 0 bridgehead atoms. The van der Waals surface area contributed by atoms with Crippen molar-refractivity contribution in [2.75, 3.05) is 5.32 Å². The van der Waals surface area contributed by atoms with Crippen molar-refractivity contribution >= 4 is 54.5 Å². The normalized spacial score (nSPS) is 11.6. The number of rotatable bonds is 2. The molecular weight excluding hydrogens is 365 g/mol. The van der Waals surface area contributed by atoms with E-state index in [1.807, 2.05) is 0 Å². The number of nitrogens with one attached hydrogen (secondary N) is 1. The molecule has 2 aromatic rings. The molecule has 5 nitrogen and oxygen atoms in total. The second-order valence-electron chi connectivity index (χ2n) is 3.55. The van der Waals surface area contributed by atoms with Crippen molar-refractivity contribution < 1.29 is 27.9 Å². The standard InChI is InChI=1S/C10H4BrF3N2O3S/c11-4-2-1-3(7(17)18)6-5(4)15-9(20-6)16-8(19)10(12,13)14/h1-2H,(H,17,18)(H,15,16,19). The number of alkyl halides is 3. The molecule has 0 aliphatic heterocycles. The van der Waals surface area contributed by atoms with E-state index in [0.29, 0.717) is 15.8 Å². The first-order valence-electron chi connectivity index (χ1n) is 4.90. The quantitative estimate of drug-likeness (QED) is 0.852. The second kappa shape index (κ2) is 5.02. The number of aromatic carboxylic acids is 1. The lowest BCUT2D eigenvalue weighted by Gasteiger charge is -2.03. The van der Waals surface area contributed by atoms with Crippen LogP contribution >= 0.6 is 27.3 Å². The number of hydrogen-bond acceptors (Lipinski definition) is 4. The lowest BCUT2D eigenvalue weighted by Crippen LogP contribution is -2.29. The summed E-state index contributed by atoms with van der Waals surface area (Å²) in [6.45, 7) is 0. The van der Waals surface area contributed by atoms with Crippen molar-refractivity contribution in [3.8, 4) is 0 Å². The highest BCUT2D eigenvalue weighted by atomic mass is 79.9. The molecule has 0 saturated carbocycles. The van der Waals surface area contributed by atoms with Gasteiger partial charge in [0.05, 0.1) is 15.8 Å². The number of carbonyl (C=O) groups excluding carboxylic acids is 1. The SMILES string of the molecule is O=C(O)c1ccc(Br)c2nc(NC(=O)C(F)(F)F)sc12. The number of anilines is 1. The second-order valence-corrected chi connectivity index (χ2v) is 5.40. The van der Waals surface area contributed by atoms with E-state index in [-0.39, 0.29) is 20.9 Å². The van der Waals surface area contributed by atoms with Crippen LogP contribution in [0.15, 0.2) is 16.6 Å². The maximum atomic E-state index is 12.1. The summed E-state index contributed by atoms with van der Waals surface area (Å²) in [6.07, 6.45) is -5.04. The molecule has 20 heavy (non-hydrogen) atoms. The van der Waals surface area contributed by atoms with Gasteiger partial charge in [0, 0.05) is 4.47 Å². The van der Waals surface area contributed by atoms with Gasteiger partial charge in [-0.05, 0) is 28.1 Å². The third-order valence-corrected chi connectivity index (χ3v) is 3.85. The number of carbonyl (C=O) groups is 2. The van der Waals surface area contributed by atoms with Gasteiger partial charge in [-0.25, -0.2) is 9.78 Å². The van der Waals surface area contributed by atoms with Crippen molar-refractivity contribution in [1.82, 2.24) is 4.98 Å². The minimum absolute atomic E-state index is 0.104. The molecule has 0 spiro atoms. The Bertz CT molecular complexity index is 714. The fraction of sp³-hybridized carbons (Fsp3) is 0.100. The van der Waals surface area contributed by atoms with Crippen LogP contribution in [0.2, 0.25) is 0 Å². The van der Waals surface area contributed by atoms with Gasteiger partial charge in [-0.1, -0.05) is 11.3 Å². The highest BCUT2D eigenvalue weighted by Crippen LogP contribution is 2.34. The molecule has 0 atom stereocenters. The predicted molar refractivity (Wildman–Crippen MR) is 69.0 cm³/mol. The van der Waals surface area contributed by atoms with E-state index in [9.17, 15) is 22.8 Å². The van der Waals surface area contributed by atoms with E-state index in [2.05, 4.69) is 20.9 Å². The molecule has 0 fully saturated rings. The van der Waals surface area contributed by atoms with Gasteiger partial charge < -0.3 is 5.11 Å². The van der Waals surface area contributed by atoms with E-state index >= 15 is 0 Å². The summed E-state index contributed by atoms with van der Waals surface area (Å²) in [5.41, 5.74) is 0.0700. The molecule has 10 heteroatoms. The van der Waals surface area contributed by atoms with Crippen LogP contribution in [-0.4, -0.2) is 28.1 Å². The molecule has 0 saturated heterocycles. The number of nitrogens with zero attached hydrogens (tertiary/aromatic N) is 1. The van der Waals surface area contributed by atoms with Gasteiger partial charge in [0.1, 0.15) is 0 Å². The average molecular weight is 369 g/mol. The summed E-state index contributed by atoms with van der Waals surface area (Å²) in [5, 5.41) is 10.3. The largest absolute Gasteiger partial charge is 0.478 e. The van der Waals surface area contributed by atoms with E-state index in [4.69, 9.17) is 5.11 Å². The summed E-state index contributed by atoms with van der Waals surface area (Å²) in [7, 11) is 0. The minimum Gasteiger partial charge on any atom is -0.478 e. The van der Waals surface area contributed by atoms with Crippen LogP contribution in [0.5, 0.6) is 0 Å². The lowest BCUT2D eigenvalue weighted by atomic mass is 10.2. The highest BCUT2D eigenvalue weighted by Gasteiger charge is 2.39. The number of carboxylic acids is 1. The van der Waals surface area contributed by atoms with Gasteiger partial charge in [0.15, 0.2) is 5.13 Å². The zero-order valence-corrected chi connectivity index (χ0v) is 11.7. The number of benzene rings is 1. The summed E-state index contributed by atoms with van der Waals surface area (Å²) >= 11 is 3.77. The molecule has 1 heterocycles. The Morgan fingerprint density at radius 3 is 2.55 bits per heavy atom. The van der Waals surface area contributed by atoms with E-state index in [0.717, 1.165) is 0 Å². The third kappa shape index (κ3) is 2.75. The zero-order chi connectivity index (χ0) is 15.1. The highest BCUT2D eigenvalue weighted by molar-refractivity contribution is 9.10. The molecule has 0 radical (unpaired) electrons. The fourth-order valence-corrected chi connectivity index (χ4v) is 2.91. The average Bonchev–Trinajstić information content (AvgIpc) is 2.72. The molecule has 1 amide bonds. The molecular formula is C10H4BrF3N2O3S. The van der Waals surface area contributed by atoms with Crippen LogP contribution in [-0.2, 0) is 4.79 Å². The lowest BCUT2D eigenvalue weighted by molar-refractivity contribution is -0.167. The number of halogens is 4. The van der Waals surface area contributed by atoms with Crippen molar-refractivity contribution in [3.05, 3.63) is 22.2 Å². The minimum atomic E-state index is -5.04. The first kappa shape index (κ1) is 14.7. The molecule has 1 aromatic carbocycles. The topological polar surface area (TPSA) is 79.3 Å². The van der Waals surface area contributed by atoms with Crippen molar-refractivity contribution in [2.45, 2.75) is 6.18 Å². The third-order valence-electron chi connectivity index (χ3n) is 2.20. The monoisotopic (exact) mass is 368 g/mol. The number of amides is 1. The fourth-order valence-electron chi connectivity index (χ4n) is 1.37. The van der Waals surface area contributed by atoms with Gasteiger partial charge in [-0.2, -0.15) is 13.2 Å². The Hall–Kier alpha value is -1.68. The molecule has 0 aliphatic carbocycles. The predicted octanol–water partition coefficient (Wildman–Crippen LogP) is 3.26. The van der Waals surface area contributed by atoms with Crippen LogP contribution in [0.25, 0.3) is 10.2 Å². The van der Waals surface area contributed by atoms with Gasteiger partial charge >= 0.3 is 18.1 Å². The van der Waals surface area contributed by atoms with Gasteiger partial charge in [0.2, 0.25) is 0 Å². The number of aromatic nitrogens is 1. The van der Waals surface area contributed by atoms with Gasteiger partial charge in [-0.3, -0.25) is 10.1 Å². The Labute approximate surface area is 121 Å². The molecule has 2 N–H and O–H groups in total. The summed E-state index contributed by atoms with van der Waals surface area (Å²) in [5.74, 6) is -3.40. The zero-order valence-electron chi connectivity index (χ0n) is 9.29. The molecule has 106 valence electrons. The summed E-state index contributed by atoms with van der Waals surface area (Å²) in [6, 6.07) is 2.71. The van der Waals surface area contributed by atoms with Gasteiger partial charge in [0.25, 0.3) is 0 Å². The Morgan fingerprint density at radius 1 is 1.35 bits per heavy atom. The maximum Gasteiger partial charge on any atom is 0.471 e. The van der Waals surface area contributed by atoms with E-state index in [1.165, 1.54) is 12.1 Å². The van der Waals surface area contributed by atoms with Crippen LogP contribution < -0.4 is 5.32 Å². The van der Waals surface area contributed by atoms with Crippen molar-refractivity contribution in [1.29, 1.82) is 0 Å². The first-order valence-corrected chi connectivity index (χ1v) is 6.51. The maximum absolute atomic E-state index is 12.1. The Kier molecular flexibility index (Phi) is 3.69. The Balaban J connectivity index is 2.48. The Morgan fingerprint density at radius 2 is 2.00 bits per heavy atom. The first-order chi connectivity index (χ1) is 9.20. The molecule has 0 unspecified atom stereocenters. The number of carboxylic acid groups (broad SMARTS) is 1. The van der Waals surface area contributed by atoms with Crippen LogP contribution in [0.4, 0.5) is 18.3 Å². The summed E-state index contributed by atoms with van der Waals surface area (Å²) < 4.78 is 37.0. The van der Waals surface area contributed by atoms with Crippen molar-refractivity contribution in [2.24, 2.45) is 0 Å². The smallest absolute Gasteiger partial charge is 0.471 e.